The van der Waals surface area contributed by atoms with Crippen molar-refractivity contribution >= 4 is 29.1 Å². The van der Waals surface area contributed by atoms with Crippen LogP contribution in [0.1, 0.15) is 44.1 Å². The van der Waals surface area contributed by atoms with Crippen LogP contribution in [0.4, 0.5) is 5.69 Å². The minimum atomic E-state index is -0.475. The zero-order valence-corrected chi connectivity index (χ0v) is 18.7. The van der Waals surface area contributed by atoms with Crippen LogP contribution in [0.15, 0.2) is 48.5 Å². The number of halogens is 1. The standard InChI is InChI=1S/C25H29ClN2O3/c1-31-22-10-3-2-9-21(22)27-23(29)18-11-15-28(16-12-18)24(30)25(13-4-5-14-25)19-7-6-8-20(26)17-19/h2-3,6-10,17-18H,4-5,11-16H2,1H3,(H,27,29). The van der Waals surface area contributed by atoms with E-state index in [1.807, 2.05) is 53.4 Å². The van der Waals surface area contributed by atoms with E-state index in [-0.39, 0.29) is 17.7 Å². The summed E-state index contributed by atoms with van der Waals surface area (Å²) >= 11 is 6.24. The highest BCUT2D eigenvalue weighted by molar-refractivity contribution is 6.30. The van der Waals surface area contributed by atoms with Crippen LogP contribution in [0.2, 0.25) is 5.02 Å². The second kappa shape index (κ2) is 9.31. The number of hydrogen-bond acceptors (Lipinski definition) is 3. The molecule has 6 heteroatoms. The fourth-order valence-electron chi connectivity index (χ4n) is 5.02. The van der Waals surface area contributed by atoms with Crippen molar-refractivity contribution in [1.29, 1.82) is 0 Å². The summed E-state index contributed by atoms with van der Waals surface area (Å²) in [5.41, 5.74) is 1.23. The summed E-state index contributed by atoms with van der Waals surface area (Å²) < 4.78 is 5.32. The quantitative estimate of drug-likeness (QED) is 0.708. The van der Waals surface area contributed by atoms with Crippen molar-refractivity contribution in [2.24, 2.45) is 5.92 Å². The molecule has 2 aliphatic rings. The molecule has 0 spiro atoms. The molecule has 164 valence electrons. The number of methoxy groups -OCH3 is 1. The summed E-state index contributed by atoms with van der Waals surface area (Å²) in [7, 11) is 1.59. The Hall–Kier alpha value is -2.53. The lowest BCUT2D eigenvalue weighted by atomic mass is 9.77. The summed E-state index contributed by atoms with van der Waals surface area (Å²) in [6.45, 7) is 1.20. The molecule has 5 nitrogen and oxygen atoms in total. The Kier molecular flexibility index (Phi) is 6.51. The molecular formula is C25H29ClN2O3. The van der Waals surface area contributed by atoms with Crippen molar-refractivity contribution in [3.63, 3.8) is 0 Å². The molecule has 2 aromatic carbocycles. The van der Waals surface area contributed by atoms with E-state index in [4.69, 9.17) is 16.3 Å². The molecule has 1 heterocycles. The van der Waals surface area contributed by atoms with Gasteiger partial charge in [0.05, 0.1) is 18.2 Å². The van der Waals surface area contributed by atoms with E-state index < -0.39 is 5.41 Å². The molecule has 2 fully saturated rings. The molecular weight excluding hydrogens is 412 g/mol. The number of carbonyl (C=O) groups excluding carboxylic acids is 2. The molecule has 1 saturated heterocycles. The van der Waals surface area contributed by atoms with Gasteiger partial charge in [-0.05, 0) is 55.5 Å². The Balaban J connectivity index is 1.42. The van der Waals surface area contributed by atoms with Crippen LogP contribution < -0.4 is 10.1 Å². The minimum absolute atomic E-state index is 0.0120. The predicted octanol–water partition coefficient (Wildman–Crippen LogP) is 5.04. The van der Waals surface area contributed by atoms with Gasteiger partial charge in [0.25, 0.3) is 0 Å². The molecule has 0 aromatic heterocycles. The highest BCUT2D eigenvalue weighted by atomic mass is 35.5. The second-order valence-electron chi connectivity index (χ2n) is 8.56. The van der Waals surface area contributed by atoms with E-state index in [9.17, 15) is 9.59 Å². The number of para-hydroxylation sites is 2. The fraction of sp³-hybridized carbons (Fsp3) is 0.440. The number of hydrogen-bond donors (Lipinski definition) is 1. The molecule has 0 radical (unpaired) electrons. The maximum Gasteiger partial charge on any atom is 0.233 e. The van der Waals surface area contributed by atoms with Crippen LogP contribution in [-0.4, -0.2) is 36.9 Å². The Morgan fingerprint density at radius 3 is 2.45 bits per heavy atom. The van der Waals surface area contributed by atoms with E-state index in [1.54, 1.807) is 7.11 Å². The van der Waals surface area contributed by atoms with Gasteiger partial charge in [0, 0.05) is 24.0 Å². The van der Waals surface area contributed by atoms with E-state index in [0.717, 1.165) is 31.2 Å². The van der Waals surface area contributed by atoms with E-state index in [0.29, 0.717) is 42.4 Å². The number of ether oxygens (including phenoxy) is 1. The monoisotopic (exact) mass is 440 g/mol. The first-order valence-corrected chi connectivity index (χ1v) is 11.4. The summed E-state index contributed by atoms with van der Waals surface area (Å²) in [5.74, 6) is 0.714. The Morgan fingerprint density at radius 1 is 1.06 bits per heavy atom. The summed E-state index contributed by atoms with van der Waals surface area (Å²) in [6.07, 6.45) is 5.16. The van der Waals surface area contributed by atoms with Gasteiger partial charge < -0.3 is 15.0 Å². The molecule has 0 bridgehead atoms. The zero-order chi connectivity index (χ0) is 21.8. The van der Waals surface area contributed by atoms with Crippen LogP contribution in [0.25, 0.3) is 0 Å². The molecule has 0 unspecified atom stereocenters. The van der Waals surface area contributed by atoms with E-state index in [1.165, 1.54) is 0 Å². The number of nitrogens with one attached hydrogen (secondary N) is 1. The minimum Gasteiger partial charge on any atom is -0.495 e. The lowest BCUT2D eigenvalue weighted by Crippen LogP contribution is -2.49. The first kappa shape index (κ1) is 21.7. The van der Waals surface area contributed by atoms with Crippen molar-refractivity contribution in [3.05, 3.63) is 59.1 Å². The maximum atomic E-state index is 13.7. The highest BCUT2D eigenvalue weighted by Gasteiger charge is 2.45. The number of nitrogens with zero attached hydrogens (tertiary/aromatic N) is 1. The summed E-state index contributed by atoms with van der Waals surface area (Å²) in [6, 6.07) is 15.2. The third-order valence-corrected chi connectivity index (χ3v) is 7.00. The molecule has 4 rings (SSSR count). The number of benzene rings is 2. The number of anilines is 1. The lowest BCUT2D eigenvalue weighted by molar-refractivity contribution is -0.140. The number of likely N-dealkylation sites (tertiary alicyclic amines) is 1. The van der Waals surface area contributed by atoms with Gasteiger partial charge in [-0.1, -0.05) is 48.7 Å². The van der Waals surface area contributed by atoms with Gasteiger partial charge >= 0.3 is 0 Å². The van der Waals surface area contributed by atoms with Gasteiger partial charge in [0.1, 0.15) is 5.75 Å². The topological polar surface area (TPSA) is 58.6 Å². The van der Waals surface area contributed by atoms with Crippen molar-refractivity contribution in [3.8, 4) is 5.75 Å². The Labute approximate surface area is 188 Å². The first-order chi connectivity index (χ1) is 15.0. The van der Waals surface area contributed by atoms with Crippen LogP contribution in [0.3, 0.4) is 0 Å². The number of amides is 2. The van der Waals surface area contributed by atoms with Gasteiger partial charge in [0.15, 0.2) is 0 Å². The molecule has 1 aliphatic heterocycles. The van der Waals surface area contributed by atoms with Gasteiger partial charge in [0.2, 0.25) is 11.8 Å². The van der Waals surface area contributed by atoms with Crippen molar-refractivity contribution < 1.29 is 14.3 Å². The second-order valence-corrected chi connectivity index (χ2v) is 8.99. The average molecular weight is 441 g/mol. The van der Waals surface area contributed by atoms with Crippen molar-refractivity contribution in [2.75, 3.05) is 25.5 Å². The van der Waals surface area contributed by atoms with Crippen LogP contribution in [0.5, 0.6) is 5.75 Å². The Morgan fingerprint density at radius 2 is 1.77 bits per heavy atom. The van der Waals surface area contributed by atoms with E-state index in [2.05, 4.69) is 5.32 Å². The van der Waals surface area contributed by atoms with Crippen LogP contribution in [0, 0.1) is 5.92 Å². The average Bonchev–Trinajstić information content (AvgIpc) is 3.30. The predicted molar refractivity (Wildman–Crippen MR) is 123 cm³/mol. The highest BCUT2D eigenvalue weighted by Crippen LogP contribution is 2.44. The molecule has 0 atom stereocenters. The van der Waals surface area contributed by atoms with E-state index >= 15 is 0 Å². The molecule has 1 N–H and O–H groups in total. The third-order valence-electron chi connectivity index (χ3n) is 6.76. The molecule has 31 heavy (non-hydrogen) atoms. The largest absolute Gasteiger partial charge is 0.495 e. The van der Waals surface area contributed by atoms with Gasteiger partial charge in [-0.25, -0.2) is 0 Å². The molecule has 2 aromatic rings. The SMILES string of the molecule is COc1ccccc1NC(=O)C1CCN(C(=O)C2(c3cccc(Cl)c3)CCCC2)CC1. The van der Waals surface area contributed by atoms with Crippen molar-refractivity contribution in [2.45, 2.75) is 43.9 Å². The normalized spacial score (nSPS) is 18.6. The summed E-state index contributed by atoms with van der Waals surface area (Å²) in [4.78, 5) is 28.4. The third kappa shape index (κ3) is 4.42. The molecule has 2 amide bonds. The fourth-order valence-corrected chi connectivity index (χ4v) is 5.21. The van der Waals surface area contributed by atoms with Gasteiger partial charge in [-0.15, -0.1) is 0 Å². The van der Waals surface area contributed by atoms with Crippen LogP contribution in [-0.2, 0) is 15.0 Å². The number of piperidine rings is 1. The lowest BCUT2D eigenvalue weighted by Gasteiger charge is -2.38. The van der Waals surface area contributed by atoms with Gasteiger partial charge in [-0.2, -0.15) is 0 Å². The van der Waals surface area contributed by atoms with Crippen LogP contribution >= 0.6 is 11.6 Å². The van der Waals surface area contributed by atoms with Gasteiger partial charge in [-0.3, -0.25) is 9.59 Å². The first-order valence-electron chi connectivity index (χ1n) is 11.0. The van der Waals surface area contributed by atoms with Crippen molar-refractivity contribution in [1.82, 2.24) is 4.90 Å². The molecule has 1 aliphatic carbocycles. The number of rotatable bonds is 5. The maximum absolute atomic E-state index is 13.7. The number of carbonyl (C=O) groups is 2. The zero-order valence-electron chi connectivity index (χ0n) is 17.9. The summed E-state index contributed by atoms with van der Waals surface area (Å²) in [5, 5.41) is 3.66. The Bertz CT molecular complexity index is 947. The molecule has 1 saturated carbocycles. The smallest absolute Gasteiger partial charge is 0.233 e.